The van der Waals surface area contributed by atoms with Crippen LogP contribution in [0.15, 0.2) is 24.3 Å². The molecule has 1 heterocycles. The molecule has 1 aromatic carbocycles. The van der Waals surface area contributed by atoms with Crippen LogP contribution in [0.4, 0.5) is 0 Å². The van der Waals surface area contributed by atoms with Gasteiger partial charge in [0.2, 0.25) is 10.0 Å². The lowest BCUT2D eigenvalue weighted by Gasteiger charge is -2.30. The molecule has 6 heteroatoms. The summed E-state index contributed by atoms with van der Waals surface area (Å²) in [5, 5.41) is 0.686. The van der Waals surface area contributed by atoms with Crippen molar-refractivity contribution in [3.8, 4) is 0 Å². The maximum Gasteiger partial charge on any atom is 0.214 e. The van der Waals surface area contributed by atoms with Gasteiger partial charge in [-0.05, 0) is 42.9 Å². The number of benzene rings is 1. The van der Waals surface area contributed by atoms with E-state index in [0.29, 0.717) is 18.2 Å². The van der Waals surface area contributed by atoms with Crippen LogP contribution >= 0.6 is 11.6 Å². The minimum absolute atomic E-state index is 0.0943. The van der Waals surface area contributed by atoms with Gasteiger partial charge < -0.3 is 4.74 Å². The second kappa shape index (κ2) is 7.30. The van der Waals surface area contributed by atoms with E-state index in [2.05, 4.69) is 0 Å². The molecule has 1 aromatic rings. The van der Waals surface area contributed by atoms with E-state index in [4.69, 9.17) is 16.3 Å². The van der Waals surface area contributed by atoms with Crippen LogP contribution in [0.5, 0.6) is 0 Å². The fourth-order valence-corrected chi connectivity index (χ4v) is 4.65. The summed E-state index contributed by atoms with van der Waals surface area (Å²) >= 11 is 5.91. The summed E-state index contributed by atoms with van der Waals surface area (Å²) in [6, 6.07) is 7.46. The van der Waals surface area contributed by atoms with Crippen molar-refractivity contribution in [3.63, 3.8) is 0 Å². The number of likely N-dealkylation sites (N-methyl/N-ethyl adjacent to an activating group) is 1. The molecule has 1 aliphatic rings. The van der Waals surface area contributed by atoms with Crippen molar-refractivity contribution >= 4 is 21.6 Å². The van der Waals surface area contributed by atoms with Gasteiger partial charge in [0.15, 0.2) is 0 Å². The van der Waals surface area contributed by atoms with Crippen molar-refractivity contribution in [2.24, 2.45) is 5.92 Å². The monoisotopic (exact) mass is 345 g/mol. The maximum atomic E-state index is 12.6. The van der Waals surface area contributed by atoms with Crippen LogP contribution in [0.25, 0.3) is 0 Å². The highest BCUT2D eigenvalue weighted by Gasteiger charge is 2.31. The zero-order chi connectivity index (χ0) is 16.3. The summed E-state index contributed by atoms with van der Waals surface area (Å²) in [5.41, 5.74) is 1.09. The molecule has 1 aliphatic heterocycles. The molecular formula is C16H24ClNO3S. The predicted molar refractivity (Wildman–Crippen MR) is 89.8 cm³/mol. The third kappa shape index (κ3) is 4.22. The molecule has 0 N–H and O–H groups in total. The number of nitrogens with zero attached hydrogens (tertiary/aromatic N) is 1. The van der Waals surface area contributed by atoms with Gasteiger partial charge in [-0.3, -0.25) is 0 Å². The number of hydrogen-bond donors (Lipinski definition) is 0. The number of hydrogen-bond acceptors (Lipinski definition) is 3. The van der Waals surface area contributed by atoms with Gasteiger partial charge in [-0.15, -0.1) is 0 Å². The van der Waals surface area contributed by atoms with Crippen molar-refractivity contribution in [2.75, 3.05) is 26.0 Å². The van der Waals surface area contributed by atoms with E-state index in [1.165, 1.54) is 4.31 Å². The van der Waals surface area contributed by atoms with Crippen LogP contribution in [0.2, 0.25) is 5.02 Å². The van der Waals surface area contributed by atoms with Gasteiger partial charge in [-0.1, -0.05) is 30.7 Å². The van der Waals surface area contributed by atoms with Crippen molar-refractivity contribution in [3.05, 3.63) is 34.9 Å². The molecule has 22 heavy (non-hydrogen) atoms. The zero-order valence-electron chi connectivity index (χ0n) is 13.3. The second-order valence-corrected chi connectivity index (χ2v) is 8.61. The first-order valence-electron chi connectivity index (χ1n) is 7.60. The molecule has 1 saturated heterocycles. The SMILES string of the molecule is C[C@H](c1ccc(Cl)cc1)[C@@H](C)N(C)S(=O)(=O)C[C@H]1CCOC1. The molecule has 2 rings (SSSR count). The molecule has 0 aromatic heterocycles. The number of ether oxygens (including phenoxy) is 1. The van der Waals surface area contributed by atoms with Gasteiger partial charge in [-0.25, -0.2) is 12.7 Å². The van der Waals surface area contributed by atoms with Crippen molar-refractivity contribution in [1.82, 2.24) is 4.31 Å². The Kier molecular flexibility index (Phi) is 5.88. The molecule has 0 saturated carbocycles. The highest BCUT2D eigenvalue weighted by atomic mass is 35.5. The molecule has 1 fully saturated rings. The number of halogens is 1. The Bertz CT molecular complexity index is 582. The second-order valence-electron chi connectivity index (χ2n) is 6.11. The lowest BCUT2D eigenvalue weighted by Crippen LogP contribution is -2.41. The maximum absolute atomic E-state index is 12.6. The molecule has 0 amide bonds. The third-order valence-corrected chi connectivity index (χ3v) is 6.96. The average molecular weight is 346 g/mol. The van der Waals surface area contributed by atoms with Crippen LogP contribution in [-0.4, -0.2) is 44.8 Å². The van der Waals surface area contributed by atoms with E-state index < -0.39 is 10.0 Å². The molecular weight excluding hydrogens is 322 g/mol. The topological polar surface area (TPSA) is 46.6 Å². The molecule has 0 spiro atoms. The normalized spacial score (nSPS) is 22.0. The van der Waals surface area contributed by atoms with Crippen LogP contribution in [-0.2, 0) is 14.8 Å². The largest absolute Gasteiger partial charge is 0.381 e. The Morgan fingerprint density at radius 3 is 2.50 bits per heavy atom. The summed E-state index contributed by atoms with van der Waals surface area (Å²) in [7, 11) is -1.61. The molecule has 4 nitrogen and oxygen atoms in total. The average Bonchev–Trinajstić information content (AvgIpc) is 2.98. The summed E-state index contributed by atoms with van der Waals surface area (Å²) in [6.07, 6.45) is 0.828. The van der Waals surface area contributed by atoms with E-state index >= 15 is 0 Å². The Hall–Kier alpha value is -0.620. The van der Waals surface area contributed by atoms with Gasteiger partial charge in [0.25, 0.3) is 0 Å². The van der Waals surface area contributed by atoms with Gasteiger partial charge >= 0.3 is 0 Å². The van der Waals surface area contributed by atoms with Gasteiger partial charge in [-0.2, -0.15) is 0 Å². The lowest BCUT2D eigenvalue weighted by atomic mass is 9.95. The van der Waals surface area contributed by atoms with E-state index in [1.54, 1.807) is 7.05 Å². The third-order valence-electron chi connectivity index (χ3n) is 4.60. The predicted octanol–water partition coefficient (Wildman–Crippen LogP) is 3.13. The Labute approximate surface area is 138 Å². The fourth-order valence-electron chi connectivity index (χ4n) is 2.74. The molecule has 3 atom stereocenters. The Morgan fingerprint density at radius 2 is 1.95 bits per heavy atom. The summed E-state index contributed by atoms with van der Waals surface area (Å²) in [4.78, 5) is 0. The first-order chi connectivity index (χ1) is 10.3. The lowest BCUT2D eigenvalue weighted by molar-refractivity contribution is 0.188. The van der Waals surface area contributed by atoms with Crippen LogP contribution in [0.1, 0.15) is 31.7 Å². The summed E-state index contributed by atoms with van der Waals surface area (Å²) in [5.74, 6) is 0.378. The Morgan fingerprint density at radius 1 is 1.32 bits per heavy atom. The number of sulfonamides is 1. The van der Waals surface area contributed by atoms with Crippen molar-refractivity contribution in [1.29, 1.82) is 0 Å². The van der Waals surface area contributed by atoms with Gasteiger partial charge in [0, 0.05) is 24.7 Å². The molecule has 0 bridgehead atoms. The Balaban J connectivity index is 2.06. The minimum Gasteiger partial charge on any atom is -0.381 e. The number of rotatable bonds is 6. The summed E-state index contributed by atoms with van der Waals surface area (Å²) < 4.78 is 31.9. The van der Waals surface area contributed by atoms with Crippen molar-refractivity contribution < 1.29 is 13.2 Å². The molecule has 124 valence electrons. The quantitative estimate of drug-likeness (QED) is 0.795. The van der Waals surface area contributed by atoms with E-state index in [9.17, 15) is 8.42 Å². The van der Waals surface area contributed by atoms with Crippen LogP contribution in [0, 0.1) is 5.92 Å². The van der Waals surface area contributed by atoms with Gasteiger partial charge in [0.05, 0.1) is 12.4 Å². The summed E-state index contributed by atoms with van der Waals surface area (Å²) in [6.45, 7) is 5.20. The highest BCUT2D eigenvalue weighted by molar-refractivity contribution is 7.89. The van der Waals surface area contributed by atoms with E-state index in [1.807, 2.05) is 38.1 Å². The van der Waals surface area contributed by atoms with Crippen molar-refractivity contribution in [2.45, 2.75) is 32.2 Å². The first kappa shape index (κ1) is 17.7. The molecule has 0 unspecified atom stereocenters. The first-order valence-corrected chi connectivity index (χ1v) is 9.59. The van der Waals surface area contributed by atoms with E-state index in [0.717, 1.165) is 12.0 Å². The van der Waals surface area contributed by atoms with Crippen LogP contribution in [0.3, 0.4) is 0 Å². The smallest absolute Gasteiger partial charge is 0.214 e. The fraction of sp³-hybridized carbons (Fsp3) is 0.625. The molecule has 0 aliphatic carbocycles. The van der Waals surface area contributed by atoms with E-state index in [-0.39, 0.29) is 23.6 Å². The molecule has 0 radical (unpaired) electrons. The van der Waals surface area contributed by atoms with Gasteiger partial charge in [0.1, 0.15) is 0 Å². The zero-order valence-corrected chi connectivity index (χ0v) is 14.9. The minimum atomic E-state index is -3.28. The highest BCUT2D eigenvalue weighted by Crippen LogP contribution is 2.26. The standard InChI is InChI=1S/C16H24ClNO3S/c1-12(15-4-6-16(17)7-5-15)13(2)18(3)22(19,20)11-14-8-9-21-10-14/h4-7,12-14H,8-11H2,1-3H3/t12-,13+,14-/m0/s1. The van der Waals surface area contributed by atoms with Crippen LogP contribution < -0.4 is 0 Å².